The summed E-state index contributed by atoms with van der Waals surface area (Å²) < 4.78 is 0. The van der Waals surface area contributed by atoms with Crippen LogP contribution in [0.2, 0.25) is 0 Å². The van der Waals surface area contributed by atoms with Crippen molar-refractivity contribution in [1.82, 2.24) is 5.32 Å². The molecule has 0 aromatic heterocycles. The fraction of sp³-hybridized carbons (Fsp3) is 0.684. The summed E-state index contributed by atoms with van der Waals surface area (Å²) in [6.45, 7) is 14.9. The van der Waals surface area contributed by atoms with Crippen molar-refractivity contribution in [3.63, 3.8) is 0 Å². The van der Waals surface area contributed by atoms with Crippen LogP contribution in [0.5, 0.6) is 0 Å². The molecule has 1 aromatic carbocycles. The lowest BCUT2D eigenvalue weighted by molar-refractivity contribution is 0.296. The molecule has 1 aromatic rings. The second kappa shape index (κ2) is 7.31. The Hall–Kier alpha value is -1.02. The van der Waals surface area contributed by atoms with Crippen LogP contribution in [0.3, 0.4) is 0 Å². The normalized spacial score (nSPS) is 26.1. The average molecular weight is 288 g/mol. The molecule has 1 aliphatic heterocycles. The van der Waals surface area contributed by atoms with E-state index < -0.39 is 0 Å². The molecule has 1 saturated heterocycles. The summed E-state index contributed by atoms with van der Waals surface area (Å²) >= 11 is 0. The summed E-state index contributed by atoms with van der Waals surface area (Å²) in [6.07, 6.45) is 2.54. The molecule has 0 spiro atoms. The number of hydrogen-bond acceptors (Lipinski definition) is 2. The average Bonchev–Trinajstić information content (AvgIpc) is 2.44. The second-order valence-electron chi connectivity index (χ2n) is 7.02. The lowest BCUT2D eigenvalue weighted by atomic mass is 9.85. The third kappa shape index (κ3) is 4.00. The third-order valence-corrected chi connectivity index (χ3v) is 4.88. The lowest BCUT2D eigenvalue weighted by Crippen LogP contribution is -2.46. The topological polar surface area (TPSA) is 15.3 Å². The quantitative estimate of drug-likeness (QED) is 0.810. The first-order valence-corrected chi connectivity index (χ1v) is 8.59. The van der Waals surface area contributed by atoms with Gasteiger partial charge in [0.2, 0.25) is 0 Å². The van der Waals surface area contributed by atoms with Crippen LogP contribution in [0.4, 0.5) is 5.69 Å². The van der Waals surface area contributed by atoms with Crippen LogP contribution in [0.15, 0.2) is 18.2 Å². The smallest absolute Gasteiger partial charge is 0.0414 e. The van der Waals surface area contributed by atoms with Gasteiger partial charge < -0.3 is 10.2 Å². The predicted molar refractivity (Wildman–Crippen MR) is 92.9 cm³/mol. The molecule has 0 radical (unpaired) electrons. The van der Waals surface area contributed by atoms with E-state index in [-0.39, 0.29) is 0 Å². The monoisotopic (exact) mass is 288 g/mol. The Labute approximate surface area is 130 Å². The minimum atomic E-state index is 0.633. The first-order valence-electron chi connectivity index (χ1n) is 8.59. The number of hydrogen-bond donors (Lipinski definition) is 1. The molecule has 21 heavy (non-hydrogen) atoms. The summed E-state index contributed by atoms with van der Waals surface area (Å²) in [5, 5.41) is 3.57. The van der Waals surface area contributed by atoms with Crippen LogP contribution in [0, 0.1) is 18.8 Å². The highest BCUT2D eigenvalue weighted by Gasteiger charge is 2.29. The summed E-state index contributed by atoms with van der Waals surface area (Å²) in [4.78, 5) is 2.64. The van der Waals surface area contributed by atoms with Crippen LogP contribution in [-0.2, 0) is 6.54 Å². The van der Waals surface area contributed by atoms with Crippen LogP contribution in [0.1, 0.15) is 51.7 Å². The minimum Gasteiger partial charge on any atom is -0.368 e. The molecule has 0 aliphatic carbocycles. The molecule has 1 aliphatic rings. The first kappa shape index (κ1) is 16.4. The Morgan fingerprint density at radius 3 is 2.71 bits per heavy atom. The maximum atomic E-state index is 3.57. The van der Waals surface area contributed by atoms with Crippen LogP contribution in [-0.4, -0.2) is 19.1 Å². The van der Waals surface area contributed by atoms with Crippen molar-refractivity contribution in [3.8, 4) is 0 Å². The molecule has 1 N–H and O–H groups in total. The van der Waals surface area contributed by atoms with Crippen molar-refractivity contribution in [3.05, 3.63) is 29.3 Å². The largest absolute Gasteiger partial charge is 0.368 e. The Morgan fingerprint density at radius 1 is 1.24 bits per heavy atom. The van der Waals surface area contributed by atoms with Crippen molar-refractivity contribution in [1.29, 1.82) is 0 Å². The number of piperidine rings is 1. The molecule has 118 valence electrons. The van der Waals surface area contributed by atoms with E-state index in [0.717, 1.165) is 24.9 Å². The fourth-order valence-corrected chi connectivity index (χ4v) is 3.57. The Kier molecular flexibility index (Phi) is 5.69. The predicted octanol–water partition coefficient (Wildman–Crippen LogP) is 4.37. The molecule has 1 heterocycles. The van der Waals surface area contributed by atoms with Gasteiger partial charge in [0.25, 0.3) is 0 Å². The molecule has 1 fully saturated rings. The first-order chi connectivity index (χ1) is 10.0. The van der Waals surface area contributed by atoms with Crippen LogP contribution < -0.4 is 10.2 Å². The van der Waals surface area contributed by atoms with Gasteiger partial charge in [0, 0.05) is 24.8 Å². The Balaban J connectivity index is 2.24. The molecule has 2 rings (SSSR count). The number of anilines is 1. The van der Waals surface area contributed by atoms with E-state index in [4.69, 9.17) is 0 Å². The molecule has 0 bridgehead atoms. The number of rotatable bonds is 5. The van der Waals surface area contributed by atoms with Gasteiger partial charge in [-0.3, -0.25) is 0 Å². The molecule has 2 nitrogen and oxygen atoms in total. The molecular formula is C19H32N2. The zero-order chi connectivity index (χ0) is 15.4. The fourth-order valence-electron chi connectivity index (χ4n) is 3.57. The zero-order valence-corrected chi connectivity index (χ0v) is 14.4. The van der Waals surface area contributed by atoms with E-state index >= 15 is 0 Å². The highest BCUT2D eigenvalue weighted by atomic mass is 15.2. The van der Waals surface area contributed by atoms with Crippen LogP contribution >= 0.6 is 0 Å². The summed E-state index contributed by atoms with van der Waals surface area (Å²) in [5.74, 6) is 1.56. The van der Waals surface area contributed by atoms with Gasteiger partial charge in [-0.25, -0.2) is 0 Å². The maximum absolute atomic E-state index is 3.57. The van der Waals surface area contributed by atoms with Crippen molar-refractivity contribution in [2.75, 3.05) is 18.0 Å². The second-order valence-corrected chi connectivity index (χ2v) is 7.02. The number of nitrogens with one attached hydrogen (secondary N) is 1. The Bertz CT molecular complexity index is 455. The zero-order valence-electron chi connectivity index (χ0n) is 14.4. The molecular weight excluding hydrogens is 256 g/mol. The van der Waals surface area contributed by atoms with E-state index in [1.807, 2.05) is 0 Å². The molecule has 3 atom stereocenters. The standard InChI is InChI=1S/C19H32N2/c1-6-9-20-12-18-11-14(2)7-8-19(18)21-13-15(3)10-16(4)17(21)5/h7-8,11,15-17,20H,6,9-10,12-13H2,1-5H3. The van der Waals surface area contributed by atoms with Crippen molar-refractivity contribution in [2.24, 2.45) is 11.8 Å². The van der Waals surface area contributed by atoms with Gasteiger partial charge in [0.15, 0.2) is 0 Å². The van der Waals surface area contributed by atoms with Gasteiger partial charge in [0.05, 0.1) is 0 Å². The SMILES string of the molecule is CCCNCc1cc(C)ccc1N1CC(C)CC(C)C1C. The van der Waals surface area contributed by atoms with Gasteiger partial charge in [-0.2, -0.15) is 0 Å². The highest BCUT2D eigenvalue weighted by Crippen LogP contribution is 2.33. The van der Waals surface area contributed by atoms with E-state index in [2.05, 4.69) is 63.0 Å². The third-order valence-electron chi connectivity index (χ3n) is 4.88. The van der Waals surface area contributed by atoms with Crippen LogP contribution in [0.25, 0.3) is 0 Å². The van der Waals surface area contributed by atoms with Gasteiger partial charge in [0.1, 0.15) is 0 Å². The van der Waals surface area contributed by atoms with Gasteiger partial charge in [-0.05, 0) is 56.7 Å². The van der Waals surface area contributed by atoms with Crippen molar-refractivity contribution < 1.29 is 0 Å². The van der Waals surface area contributed by atoms with Gasteiger partial charge in [-0.1, -0.05) is 38.5 Å². The van der Waals surface area contributed by atoms with Gasteiger partial charge in [-0.15, -0.1) is 0 Å². The Morgan fingerprint density at radius 2 is 2.00 bits per heavy atom. The van der Waals surface area contributed by atoms with E-state index in [1.54, 1.807) is 0 Å². The minimum absolute atomic E-state index is 0.633. The lowest BCUT2D eigenvalue weighted by Gasteiger charge is -2.43. The van der Waals surface area contributed by atoms with E-state index in [1.165, 1.54) is 36.2 Å². The molecule has 2 heteroatoms. The number of benzene rings is 1. The summed E-state index contributed by atoms with van der Waals surface area (Å²) in [5.41, 5.74) is 4.25. The molecule has 0 saturated carbocycles. The van der Waals surface area contributed by atoms with Crippen molar-refractivity contribution in [2.45, 2.75) is 60.0 Å². The molecule has 0 amide bonds. The number of nitrogens with zero attached hydrogens (tertiary/aromatic N) is 1. The summed E-state index contributed by atoms with van der Waals surface area (Å²) in [7, 11) is 0. The maximum Gasteiger partial charge on any atom is 0.0414 e. The van der Waals surface area contributed by atoms with Crippen molar-refractivity contribution >= 4 is 5.69 Å². The van der Waals surface area contributed by atoms with E-state index in [9.17, 15) is 0 Å². The van der Waals surface area contributed by atoms with E-state index in [0.29, 0.717) is 6.04 Å². The highest BCUT2D eigenvalue weighted by molar-refractivity contribution is 5.56. The summed E-state index contributed by atoms with van der Waals surface area (Å²) in [6, 6.07) is 7.58. The number of aryl methyl sites for hydroxylation is 1. The van der Waals surface area contributed by atoms with Gasteiger partial charge >= 0.3 is 0 Å². The molecule has 3 unspecified atom stereocenters.